The molecule has 0 unspecified atom stereocenters. The average Bonchev–Trinajstić information content (AvgIpc) is 2.59. The summed E-state index contributed by atoms with van der Waals surface area (Å²) in [7, 11) is 0. The number of aryl methyl sites for hydroxylation is 1. The number of hydrogen-bond acceptors (Lipinski definition) is 3. The number of carbonyl (C=O) groups is 1. The number of fused-ring (bicyclic) bond motifs is 2. The molecule has 3 rings (SSSR count). The van der Waals surface area contributed by atoms with Gasteiger partial charge in [0.25, 0.3) is 0 Å². The zero-order chi connectivity index (χ0) is 16.9. The first kappa shape index (κ1) is 20.0. The Kier molecular flexibility index (Phi) is 7.55. The van der Waals surface area contributed by atoms with Gasteiger partial charge in [0.2, 0.25) is 0 Å². The van der Waals surface area contributed by atoms with Crippen LogP contribution < -0.4 is 39.4 Å². The van der Waals surface area contributed by atoms with Gasteiger partial charge >= 0.3 is 29.6 Å². The minimum atomic E-state index is -1.10. The molecule has 1 aliphatic heterocycles. The summed E-state index contributed by atoms with van der Waals surface area (Å²) in [4.78, 5) is 11.8. The van der Waals surface area contributed by atoms with Gasteiger partial charge < -0.3 is 14.6 Å². The van der Waals surface area contributed by atoms with Gasteiger partial charge in [-0.1, -0.05) is 56.9 Å². The van der Waals surface area contributed by atoms with Crippen LogP contribution >= 0.6 is 0 Å². The Balaban J connectivity index is 0.00000225. The van der Waals surface area contributed by atoms with E-state index in [9.17, 15) is 9.90 Å². The van der Waals surface area contributed by atoms with Gasteiger partial charge in [-0.2, -0.15) is 0 Å². The third-order valence-corrected chi connectivity index (χ3v) is 4.67. The number of carbonyl (C=O) groups excluding carboxylic acids is 1. The van der Waals surface area contributed by atoms with Gasteiger partial charge in [0.1, 0.15) is 11.5 Å². The van der Waals surface area contributed by atoms with Gasteiger partial charge in [-0.25, -0.2) is 0 Å². The number of benzene rings is 2. The molecule has 0 aliphatic carbocycles. The van der Waals surface area contributed by atoms with Gasteiger partial charge in [0, 0.05) is 17.5 Å². The molecule has 126 valence electrons. The molecule has 25 heavy (non-hydrogen) atoms. The molecule has 2 aromatic carbocycles. The van der Waals surface area contributed by atoms with Crippen molar-refractivity contribution in [1.82, 2.24) is 0 Å². The van der Waals surface area contributed by atoms with Crippen molar-refractivity contribution in [3.05, 3.63) is 58.7 Å². The van der Waals surface area contributed by atoms with Crippen LogP contribution in [0, 0.1) is 0 Å². The molecule has 0 aromatic heterocycles. The molecule has 0 bridgehead atoms. The van der Waals surface area contributed by atoms with Crippen LogP contribution in [0.4, 0.5) is 0 Å². The number of aromatic carboxylic acids is 1. The van der Waals surface area contributed by atoms with E-state index in [0.717, 1.165) is 41.7 Å². The number of para-hydroxylation sites is 1. The first-order valence-electron chi connectivity index (χ1n) is 8.82. The van der Waals surface area contributed by atoms with Crippen LogP contribution in [0.15, 0.2) is 36.4 Å². The van der Waals surface area contributed by atoms with E-state index in [0.29, 0.717) is 17.7 Å². The maximum atomic E-state index is 11.8. The van der Waals surface area contributed by atoms with E-state index in [1.165, 1.54) is 19.3 Å². The first-order valence-corrected chi connectivity index (χ1v) is 8.82. The molecule has 0 amide bonds. The van der Waals surface area contributed by atoms with Crippen LogP contribution in [-0.4, -0.2) is 5.97 Å². The Bertz CT molecular complexity index is 740. The summed E-state index contributed by atoms with van der Waals surface area (Å²) in [6.45, 7) is 2.19. The van der Waals surface area contributed by atoms with Crippen molar-refractivity contribution in [1.29, 1.82) is 0 Å². The number of unbranched alkanes of at least 4 members (excludes halogenated alkanes) is 4. The van der Waals surface area contributed by atoms with E-state index >= 15 is 0 Å². The summed E-state index contributed by atoms with van der Waals surface area (Å²) in [6, 6.07) is 11.6. The average molecular weight is 346 g/mol. The third-order valence-electron chi connectivity index (χ3n) is 4.67. The molecule has 1 aliphatic rings. The van der Waals surface area contributed by atoms with Crippen molar-refractivity contribution in [2.45, 2.75) is 51.9 Å². The smallest absolute Gasteiger partial charge is 0.545 e. The van der Waals surface area contributed by atoms with E-state index in [1.54, 1.807) is 0 Å². The van der Waals surface area contributed by atoms with Gasteiger partial charge in [0.15, 0.2) is 0 Å². The fraction of sp³-hybridized carbons (Fsp3) is 0.381. The zero-order valence-electron chi connectivity index (χ0n) is 15.1. The van der Waals surface area contributed by atoms with Crippen molar-refractivity contribution in [3.8, 4) is 11.5 Å². The molecule has 1 heterocycles. The molecule has 0 fully saturated rings. The third kappa shape index (κ3) is 4.66. The molecule has 3 nitrogen and oxygen atoms in total. The molecular formula is C21H23NaO3. The second-order valence-electron chi connectivity index (χ2n) is 6.41. The van der Waals surface area contributed by atoms with E-state index < -0.39 is 5.97 Å². The number of carboxylic acids is 1. The number of rotatable bonds is 7. The molecule has 2 aromatic rings. The van der Waals surface area contributed by atoms with Crippen LogP contribution in [-0.2, 0) is 12.8 Å². The van der Waals surface area contributed by atoms with Crippen LogP contribution in [0.1, 0.15) is 66.1 Å². The quantitative estimate of drug-likeness (QED) is 0.478. The molecule has 4 heteroatoms. The number of ether oxygens (including phenoxy) is 1. The molecule has 0 atom stereocenters. The van der Waals surface area contributed by atoms with Crippen molar-refractivity contribution in [3.63, 3.8) is 0 Å². The minimum absolute atomic E-state index is 0. The summed E-state index contributed by atoms with van der Waals surface area (Å²) in [6.07, 6.45) is 7.16. The molecule has 0 spiro atoms. The monoisotopic (exact) mass is 346 g/mol. The van der Waals surface area contributed by atoms with Crippen LogP contribution in [0.5, 0.6) is 11.5 Å². The summed E-state index contributed by atoms with van der Waals surface area (Å²) in [5.41, 5.74) is 2.97. The molecule has 0 N–H and O–H groups in total. The Hall–Kier alpha value is -1.29. The second-order valence-corrected chi connectivity index (χ2v) is 6.41. The van der Waals surface area contributed by atoms with Crippen LogP contribution in [0.3, 0.4) is 0 Å². The number of hydrogen-bond donors (Lipinski definition) is 0. The van der Waals surface area contributed by atoms with Crippen molar-refractivity contribution in [2.75, 3.05) is 0 Å². The fourth-order valence-electron chi connectivity index (χ4n) is 3.39. The van der Waals surface area contributed by atoms with E-state index in [-0.39, 0.29) is 29.6 Å². The summed E-state index contributed by atoms with van der Waals surface area (Å²) >= 11 is 0. The van der Waals surface area contributed by atoms with Gasteiger partial charge in [0.05, 0.1) is 5.97 Å². The van der Waals surface area contributed by atoms with Crippen molar-refractivity contribution < 1.29 is 44.2 Å². The van der Waals surface area contributed by atoms with Crippen LogP contribution in [0.2, 0.25) is 0 Å². The predicted octanol–water partition coefficient (Wildman–Crippen LogP) is 1.26. The zero-order valence-corrected chi connectivity index (χ0v) is 17.1. The van der Waals surface area contributed by atoms with Gasteiger partial charge in [-0.15, -0.1) is 0 Å². The largest absolute Gasteiger partial charge is 1.00 e. The topological polar surface area (TPSA) is 49.4 Å². The Morgan fingerprint density at radius 3 is 2.56 bits per heavy atom. The second kappa shape index (κ2) is 9.42. The van der Waals surface area contributed by atoms with E-state index in [2.05, 4.69) is 6.92 Å². The number of carboxylic acid groups (broad SMARTS) is 1. The Labute approximate surface area is 171 Å². The fourth-order valence-corrected chi connectivity index (χ4v) is 3.39. The van der Waals surface area contributed by atoms with Crippen molar-refractivity contribution in [2.24, 2.45) is 0 Å². The van der Waals surface area contributed by atoms with E-state index in [1.807, 2.05) is 36.4 Å². The molecule has 0 saturated heterocycles. The van der Waals surface area contributed by atoms with E-state index in [4.69, 9.17) is 4.74 Å². The normalized spacial score (nSPS) is 11.7. The molecule has 0 saturated carbocycles. The first-order chi connectivity index (χ1) is 11.7. The Morgan fingerprint density at radius 1 is 1.04 bits per heavy atom. The van der Waals surface area contributed by atoms with Gasteiger partial charge in [-0.05, 0) is 36.1 Å². The summed E-state index contributed by atoms with van der Waals surface area (Å²) in [5, 5.41) is 11.8. The SMILES string of the molecule is CCCCCCCc1ccc2c(c1C(=O)[O-])Cc1ccccc1O2.[Na+]. The predicted molar refractivity (Wildman–Crippen MR) is 92.6 cm³/mol. The van der Waals surface area contributed by atoms with Gasteiger partial charge in [-0.3, -0.25) is 0 Å². The summed E-state index contributed by atoms with van der Waals surface area (Å²) in [5.74, 6) is 0.350. The molecular weight excluding hydrogens is 323 g/mol. The Morgan fingerprint density at radius 2 is 1.80 bits per heavy atom. The van der Waals surface area contributed by atoms with Crippen molar-refractivity contribution >= 4 is 5.97 Å². The summed E-state index contributed by atoms with van der Waals surface area (Å²) < 4.78 is 5.89. The maximum absolute atomic E-state index is 11.8. The van der Waals surface area contributed by atoms with Crippen LogP contribution in [0.25, 0.3) is 0 Å². The molecule has 0 radical (unpaired) electrons. The maximum Gasteiger partial charge on any atom is 1.00 e. The standard InChI is InChI=1S/C21H24O3.Na/c1-2-3-4-5-6-9-15-12-13-19-17(20(15)21(22)23)14-16-10-7-8-11-18(16)24-19;/h7-8,10-13H,2-6,9,14H2,1H3,(H,22,23);/q;+1/p-1. The minimum Gasteiger partial charge on any atom is -0.545 e.